The lowest BCUT2D eigenvalue weighted by Crippen LogP contribution is -2.63. The summed E-state index contributed by atoms with van der Waals surface area (Å²) in [5, 5.41) is 16.6. The lowest BCUT2D eigenvalue weighted by molar-refractivity contribution is -0.137. The van der Waals surface area contributed by atoms with Gasteiger partial charge in [0.1, 0.15) is 0 Å². The Hall–Kier alpha value is -3.44. The van der Waals surface area contributed by atoms with Gasteiger partial charge < -0.3 is 20.3 Å². The van der Waals surface area contributed by atoms with Crippen molar-refractivity contribution >= 4 is 22.8 Å². The molecule has 0 radical (unpaired) electrons. The number of hydrogen-bond acceptors (Lipinski definition) is 5. The Bertz CT molecular complexity index is 1340. The number of carbonyl (C=O) groups excluding carboxylic acids is 2. The molecule has 202 valence electrons. The number of nitrogens with one attached hydrogen (secondary N) is 2. The summed E-state index contributed by atoms with van der Waals surface area (Å²) in [6.07, 6.45) is 0.195. The number of likely N-dealkylation sites (tertiary alicyclic amines) is 1. The molecule has 0 unspecified atom stereocenters. The van der Waals surface area contributed by atoms with Gasteiger partial charge in [-0.15, -0.1) is 0 Å². The molecular weight excluding hydrogens is 499 g/mol. The van der Waals surface area contributed by atoms with Gasteiger partial charge in [0.05, 0.1) is 41.1 Å². The van der Waals surface area contributed by atoms with Crippen molar-refractivity contribution in [2.75, 3.05) is 19.6 Å². The predicted molar refractivity (Wildman–Crippen MR) is 134 cm³/mol. The average Bonchev–Trinajstić information content (AvgIpc) is 3.25. The zero-order valence-electron chi connectivity index (χ0n) is 21.0. The number of aryl methyl sites for hydroxylation is 1. The summed E-state index contributed by atoms with van der Waals surface area (Å²) >= 11 is 0. The monoisotopic (exact) mass is 529 g/mol. The van der Waals surface area contributed by atoms with E-state index in [4.69, 9.17) is 0 Å². The van der Waals surface area contributed by atoms with Crippen molar-refractivity contribution in [1.82, 2.24) is 25.1 Å². The Morgan fingerprint density at radius 3 is 2.58 bits per heavy atom. The van der Waals surface area contributed by atoms with Crippen molar-refractivity contribution in [2.24, 2.45) is 7.05 Å². The summed E-state index contributed by atoms with van der Waals surface area (Å²) in [7, 11) is 1.93. The first-order valence-corrected chi connectivity index (χ1v) is 12.6. The standard InChI is InChI=1S/C27H30F3N5O3/c1-34-16-32-22-6-5-18(12-23(22)34)26(38)9-7-21(8-10-26)35-14-20(15-35)33-24(36)13-31-25(37)17-3-2-4-19(11-17)27(28,29)30/h2-6,11-12,16,20-21,38H,7-10,13-15H2,1H3,(H,31,37)(H,33,36). The molecule has 11 heteroatoms. The van der Waals surface area contributed by atoms with Crippen LogP contribution in [0, 0.1) is 0 Å². The maximum atomic E-state index is 12.9. The van der Waals surface area contributed by atoms with Crippen LogP contribution in [0.15, 0.2) is 48.8 Å². The molecule has 8 nitrogen and oxygen atoms in total. The van der Waals surface area contributed by atoms with Crippen LogP contribution in [0.25, 0.3) is 11.0 Å². The van der Waals surface area contributed by atoms with E-state index in [-0.39, 0.29) is 18.2 Å². The van der Waals surface area contributed by atoms with Gasteiger partial charge in [0.15, 0.2) is 0 Å². The first-order chi connectivity index (χ1) is 18.0. The molecule has 0 atom stereocenters. The molecule has 2 aromatic carbocycles. The van der Waals surface area contributed by atoms with Crippen LogP contribution in [0.3, 0.4) is 0 Å². The SMILES string of the molecule is Cn1cnc2ccc(C3(O)CCC(N4CC(NC(=O)CNC(=O)c5cccc(C(F)(F)F)c5)C4)CC3)cc21. The first kappa shape index (κ1) is 26.2. The van der Waals surface area contributed by atoms with Crippen LogP contribution in [-0.2, 0) is 23.6 Å². The highest BCUT2D eigenvalue weighted by Crippen LogP contribution is 2.40. The second-order valence-electron chi connectivity index (χ2n) is 10.3. The van der Waals surface area contributed by atoms with E-state index in [0.29, 0.717) is 32.0 Å². The van der Waals surface area contributed by atoms with Gasteiger partial charge in [-0.25, -0.2) is 4.98 Å². The average molecular weight is 530 g/mol. The second kappa shape index (κ2) is 10.0. The van der Waals surface area contributed by atoms with E-state index in [1.54, 1.807) is 6.33 Å². The van der Waals surface area contributed by atoms with Gasteiger partial charge >= 0.3 is 6.18 Å². The lowest BCUT2D eigenvalue weighted by Gasteiger charge is -2.48. The minimum atomic E-state index is -4.55. The number of rotatable bonds is 6. The highest BCUT2D eigenvalue weighted by atomic mass is 19.4. The molecule has 3 aromatic rings. The summed E-state index contributed by atoms with van der Waals surface area (Å²) in [4.78, 5) is 31.1. The van der Waals surface area contributed by atoms with Gasteiger partial charge in [0.25, 0.3) is 5.91 Å². The predicted octanol–water partition coefficient (Wildman–Crippen LogP) is 2.95. The van der Waals surface area contributed by atoms with Crippen molar-refractivity contribution in [3.63, 3.8) is 0 Å². The molecule has 2 aliphatic rings. The quantitative estimate of drug-likeness (QED) is 0.456. The van der Waals surface area contributed by atoms with Crippen molar-refractivity contribution in [1.29, 1.82) is 0 Å². The minimum absolute atomic E-state index is 0.0546. The first-order valence-electron chi connectivity index (χ1n) is 12.6. The van der Waals surface area contributed by atoms with E-state index in [1.807, 2.05) is 29.8 Å². The number of halogens is 3. The smallest absolute Gasteiger partial charge is 0.385 e. The Labute approximate surface area is 217 Å². The molecule has 0 spiro atoms. The van der Waals surface area contributed by atoms with E-state index >= 15 is 0 Å². The summed E-state index contributed by atoms with van der Waals surface area (Å²) in [5.41, 5.74) is 0.862. The highest BCUT2D eigenvalue weighted by Gasteiger charge is 2.40. The third kappa shape index (κ3) is 5.39. The molecule has 1 aliphatic heterocycles. The Morgan fingerprint density at radius 1 is 1.13 bits per heavy atom. The molecule has 1 aliphatic carbocycles. The number of benzene rings is 2. The van der Waals surface area contributed by atoms with Gasteiger partial charge in [-0.05, 0) is 61.6 Å². The molecule has 3 N–H and O–H groups in total. The Kier molecular flexibility index (Phi) is 6.91. The number of alkyl halides is 3. The van der Waals surface area contributed by atoms with Gasteiger partial charge in [0, 0.05) is 31.7 Å². The third-order valence-electron chi connectivity index (χ3n) is 7.70. The minimum Gasteiger partial charge on any atom is -0.385 e. The summed E-state index contributed by atoms with van der Waals surface area (Å²) in [5.74, 6) is -1.13. The Morgan fingerprint density at radius 2 is 1.87 bits per heavy atom. The molecule has 2 amide bonds. The van der Waals surface area contributed by atoms with Gasteiger partial charge in [-0.3, -0.25) is 14.5 Å². The molecular formula is C27H30F3N5O3. The van der Waals surface area contributed by atoms with E-state index in [0.717, 1.165) is 47.6 Å². The van der Waals surface area contributed by atoms with Crippen molar-refractivity contribution < 1.29 is 27.9 Å². The number of amides is 2. The van der Waals surface area contributed by atoms with Crippen molar-refractivity contribution in [3.05, 3.63) is 65.5 Å². The molecule has 0 bridgehead atoms. The van der Waals surface area contributed by atoms with Crippen LogP contribution in [0.1, 0.15) is 47.2 Å². The molecule has 38 heavy (non-hydrogen) atoms. The summed E-state index contributed by atoms with van der Waals surface area (Å²) < 4.78 is 40.5. The molecule has 5 rings (SSSR count). The number of carbonyl (C=O) groups is 2. The largest absolute Gasteiger partial charge is 0.416 e. The number of imidazole rings is 1. The maximum Gasteiger partial charge on any atom is 0.416 e. The zero-order chi connectivity index (χ0) is 27.1. The number of aromatic nitrogens is 2. The van der Waals surface area contributed by atoms with Gasteiger partial charge in [-0.1, -0.05) is 12.1 Å². The van der Waals surface area contributed by atoms with Crippen molar-refractivity contribution in [2.45, 2.75) is 49.5 Å². The van der Waals surface area contributed by atoms with Crippen LogP contribution < -0.4 is 10.6 Å². The second-order valence-corrected chi connectivity index (χ2v) is 10.3. The van der Waals surface area contributed by atoms with Gasteiger partial charge in [-0.2, -0.15) is 13.2 Å². The topological polar surface area (TPSA) is 99.5 Å². The molecule has 2 heterocycles. The fraction of sp³-hybridized carbons (Fsp3) is 0.444. The summed E-state index contributed by atoms with van der Waals surface area (Å²) in [6.45, 7) is 1.04. The molecule has 1 saturated heterocycles. The van der Waals surface area contributed by atoms with E-state index < -0.39 is 29.2 Å². The van der Waals surface area contributed by atoms with Crippen LogP contribution in [-0.4, -0.2) is 63.1 Å². The van der Waals surface area contributed by atoms with E-state index in [1.165, 1.54) is 6.07 Å². The number of nitrogens with zero attached hydrogens (tertiary/aromatic N) is 3. The normalized spacial score (nSPS) is 22.7. The van der Waals surface area contributed by atoms with Crippen LogP contribution in [0.4, 0.5) is 13.2 Å². The molecule has 2 fully saturated rings. The van der Waals surface area contributed by atoms with Crippen LogP contribution in [0.2, 0.25) is 0 Å². The lowest BCUT2D eigenvalue weighted by atomic mass is 9.76. The molecule has 1 aromatic heterocycles. The third-order valence-corrected chi connectivity index (χ3v) is 7.70. The van der Waals surface area contributed by atoms with Gasteiger partial charge in [0.2, 0.25) is 5.91 Å². The number of aliphatic hydroxyl groups is 1. The molecule has 1 saturated carbocycles. The Balaban J connectivity index is 1.05. The zero-order valence-corrected chi connectivity index (χ0v) is 21.0. The fourth-order valence-electron chi connectivity index (χ4n) is 5.43. The van der Waals surface area contributed by atoms with Crippen molar-refractivity contribution in [3.8, 4) is 0 Å². The maximum absolute atomic E-state index is 12.9. The van der Waals surface area contributed by atoms with Crippen LogP contribution >= 0.6 is 0 Å². The summed E-state index contributed by atoms with van der Waals surface area (Å²) in [6, 6.07) is 10.3. The van der Waals surface area contributed by atoms with Crippen LogP contribution in [0.5, 0.6) is 0 Å². The highest BCUT2D eigenvalue weighted by molar-refractivity contribution is 5.96. The number of fused-ring (bicyclic) bond motifs is 1. The fourth-order valence-corrected chi connectivity index (χ4v) is 5.43. The van der Waals surface area contributed by atoms with E-state index in [9.17, 15) is 27.9 Å². The number of hydrogen-bond donors (Lipinski definition) is 3. The van der Waals surface area contributed by atoms with E-state index in [2.05, 4.69) is 20.5 Å².